The highest BCUT2D eigenvalue weighted by atomic mass is 16.6. The summed E-state index contributed by atoms with van der Waals surface area (Å²) in [6.45, 7) is -0.0276. The van der Waals surface area contributed by atoms with Gasteiger partial charge in [-0.25, -0.2) is 5.48 Å². The Kier molecular flexibility index (Phi) is 4.52. The quantitative estimate of drug-likeness (QED) is 0.412. The number of anilines is 1. The number of nitro groups is 2. The van der Waals surface area contributed by atoms with Crippen LogP contribution >= 0.6 is 0 Å². The first-order valence-corrected chi connectivity index (χ1v) is 6.11. The van der Waals surface area contributed by atoms with E-state index in [-0.39, 0.29) is 12.2 Å². The molecule has 0 bridgehead atoms. The summed E-state index contributed by atoms with van der Waals surface area (Å²) in [6, 6.07) is 4.82. The van der Waals surface area contributed by atoms with Crippen LogP contribution in [0.25, 0.3) is 0 Å². The lowest BCUT2D eigenvalue weighted by molar-refractivity contribution is -0.392. The summed E-state index contributed by atoms with van der Waals surface area (Å²) in [5.41, 5.74) is -0.877. The summed E-state index contributed by atoms with van der Waals surface area (Å²) < 4.78 is 5.04. The van der Waals surface area contributed by atoms with Crippen molar-refractivity contribution in [2.24, 2.45) is 0 Å². The molecule has 0 saturated heterocycles. The number of carbonyl (C=O) groups is 1. The molecule has 0 saturated carbocycles. The van der Waals surface area contributed by atoms with Gasteiger partial charge in [-0.2, -0.15) is 0 Å². The van der Waals surface area contributed by atoms with Crippen LogP contribution in [-0.2, 0) is 6.54 Å². The van der Waals surface area contributed by atoms with Gasteiger partial charge in [0.05, 0.1) is 28.2 Å². The summed E-state index contributed by atoms with van der Waals surface area (Å²) in [6.07, 6.45) is 1.38. The van der Waals surface area contributed by atoms with Gasteiger partial charge in [0.25, 0.3) is 17.3 Å². The van der Waals surface area contributed by atoms with Gasteiger partial charge < -0.3 is 9.73 Å². The molecule has 0 atom stereocenters. The highest BCUT2D eigenvalue weighted by Crippen LogP contribution is 2.36. The number of hydrogen-bond donors (Lipinski definition) is 3. The fourth-order valence-corrected chi connectivity index (χ4v) is 1.87. The van der Waals surface area contributed by atoms with Gasteiger partial charge >= 0.3 is 0 Å². The molecule has 0 aliphatic heterocycles. The van der Waals surface area contributed by atoms with E-state index >= 15 is 0 Å². The van der Waals surface area contributed by atoms with Crippen LogP contribution in [0.5, 0.6) is 0 Å². The Morgan fingerprint density at radius 3 is 2.26 bits per heavy atom. The normalized spacial score (nSPS) is 10.1. The molecule has 11 heteroatoms. The minimum absolute atomic E-state index is 0.0276. The third kappa shape index (κ3) is 3.41. The minimum atomic E-state index is -1.10. The van der Waals surface area contributed by atoms with Gasteiger partial charge in [-0.3, -0.25) is 30.2 Å². The van der Waals surface area contributed by atoms with E-state index in [0.717, 1.165) is 12.1 Å². The minimum Gasteiger partial charge on any atom is -0.467 e. The Balaban J connectivity index is 2.50. The maximum Gasteiger partial charge on any atom is 0.300 e. The second-order valence-corrected chi connectivity index (χ2v) is 4.28. The Morgan fingerprint density at radius 1 is 1.22 bits per heavy atom. The zero-order valence-corrected chi connectivity index (χ0v) is 11.4. The van der Waals surface area contributed by atoms with Crippen molar-refractivity contribution in [1.29, 1.82) is 0 Å². The van der Waals surface area contributed by atoms with Gasteiger partial charge in [-0.15, -0.1) is 0 Å². The van der Waals surface area contributed by atoms with E-state index in [1.165, 1.54) is 11.7 Å². The first-order valence-electron chi connectivity index (χ1n) is 6.11. The van der Waals surface area contributed by atoms with E-state index in [1.807, 2.05) is 0 Å². The van der Waals surface area contributed by atoms with Crippen LogP contribution in [0.15, 0.2) is 34.9 Å². The van der Waals surface area contributed by atoms with Gasteiger partial charge in [0.1, 0.15) is 5.76 Å². The topological polar surface area (TPSA) is 161 Å². The average molecular weight is 322 g/mol. The molecule has 23 heavy (non-hydrogen) atoms. The second-order valence-electron chi connectivity index (χ2n) is 4.28. The van der Waals surface area contributed by atoms with Crippen LogP contribution in [0.4, 0.5) is 17.1 Å². The molecular formula is C12H10N4O7. The fraction of sp³-hybridized carbons (Fsp3) is 0.0833. The molecule has 1 aromatic heterocycles. The Labute approximate surface area is 127 Å². The molecule has 120 valence electrons. The SMILES string of the molecule is O=C(NO)c1cc([N+](=O)[O-])c(NCc2ccco2)c([N+](=O)[O-])c1. The Morgan fingerprint density at radius 2 is 1.83 bits per heavy atom. The monoisotopic (exact) mass is 322 g/mol. The molecule has 11 nitrogen and oxygen atoms in total. The van der Waals surface area contributed by atoms with Crippen LogP contribution in [0.1, 0.15) is 16.1 Å². The van der Waals surface area contributed by atoms with Crippen molar-refractivity contribution < 1.29 is 24.3 Å². The summed E-state index contributed by atoms with van der Waals surface area (Å²) in [7, 11) is 0. The number of hydrogen-bond acceptors (Lipinski definition) is 8. The van der Waals surface area contributed by atoms with E-state index in [1.54, 1.807) is 12.1 Å². The molecule has 0 aliphatic carbocycles. The van der Waals surface area contributed by atoms with Crippen LogP contribution in [0.2, 0.25) is 0 Å². The first-order chi connectivity index (χ1) is 10.9. The van der Waals surface area contributed by atoms with E-state index in [4.69, 9.17) is 9.62 Å². The van der Waals surface area contributed by atoms with E-state index in [0.29, 0.717) is 5.76 Å². The van der Waals surface area contributed by atoms with Crippen molar-refractivity contribution in [2.45, 2.75) is 6.54 Å². The number of furan rings is 1. The number of amides is 1. The Bertz CT molecular complexity index is 722. The predicted molar refractivity (Wildman–Crippen MR) is 75.0 cm³/mol. The zero-order valence-electron chi connectivity index (χ0n) is 11.4. The number of benzene rings is 1. The first kappa shape index (κ1) is 15.9. The standard InChI is InChI=1S/C12H10N4O7/c17-12(14-18)7-4-9(15(19)20)11(10(5-7)16(21)22)13-6-8-2-1-3-23-8/h1-5,13,18H,6H2,(H,14,17). The largest absolute Gasteiger partial charge is 0.467 e. The number of rotatable bonds is 6. The lowest BCUT2D eigenvalue weighted by Crippen LogP contribution is -2.19. The van der Waals surface area contributed by atoms with Crippen molar-refractivity contribution in [3.05, 3.63) is 62.1 Å². The van der Waals surface area contributed by atoms with Crippen LogP contribution in [0, 0.1) is 20.2 Å². The molecule has 0 unspecified atom stereocenters. The fourth-order valence-electron chi connectivity index (χ4n) is 1.87. The third-order valence-corrected chi connectivity index (χ3v) is 2.87. The average Bonchev–Trinajstić information content (AvgIpc) is 3.04. The van der Waals surface area contributed by atoms with Crippen molar-refractivity contribution >= 4 is 23.0 Å². The molecule has 0 radical (unpaired) electrons. The summed E-state index contributed by atoms with van der Waals surface area (Å²) in [5.74, 6) is -0.695. The molecule has 0 fully saturated rings. The lowest BCUT2D eigenvalue weighted by atomic mass is 10.1. The lowest BCUT2D eigenvalue weighted by Gasteiger charge is -2.08. The van der Waals surface area contributed by atoms with Gasteiger partial charge in [-0.1, -0.05) is 0 Å². The van der Waals surface area contributed by atoms with Gasteiger partial charge in [0.15, 0.2) is 5.69 Å². The van der Waals surface area contributed by atoms with Crippen molar-refractivity contribution in [1.82, 2.24) is 5.48 Å². The molecule has 3 N–H and O–H groups in total. The van der Waals surface area contributed by atoms with Gasteiger partial charge in [0, 0.05) is 12.1 Å². The predicted octanol–water partition coefficient (Wildman–Crippen LogP) is 1.83. The highest BCUT2D eigenvalue weighted by molar-refractivity contribution is 5.96. The van der Waals surface area contributed by atoms with Gasteiger partial charge in [0.2, 0.25) is 0 Å². The molecule has 1 heterocycles. The van der Waals surface area contributed by atoms with Crippen molar-refractivity contribution in [3.63, 3.8) is 0 Å². The molecule has 2 rings (SSSR count). The highest BCUT2D eigenvalue weighted by Gasteiger charge is 2.28. The second kappa shape index (κ2) is 6.53. The molecule has 2 aromatic rings. The molecule has 1 amide bonds. The number of nitrogens with zero attached hydrogens (tertiary/aromatic N) is 2. The smallest absolute Gasteiger partial charge is 0.300 e. The number of nitrogens with one attached hydrogen (secondary N) is 2. The van der Waals surface area contributed by atoms with Crippen LogP contribution in [0.3, 0.4) is 0 Å². The maximum atomic E-state index is 11.4. The number of hydroxylamine groups is 1. The summed E-state index contributed by atoms with van der Waals surface area (Å²) >= 11 is 0. The zero-order chi connectivity index (χ0) is 17.0. The van der Waals surface area contributed by atoms with E-state index in [9.17, 15) is 25.0 Å². The van der Waals surface area contributed by atoms with Gasteiger partial charge in [-0.05, 0) is 12.1 Å². The summed E-state index contributed by atoms with van der Waals surface area (Å²) in [4.78, 5) is 31.9. The van der Waals surface area contributed by atoms with Crippen LogP contribution in [-0.4, -0.2) is 21.0 Å². The summed E-state index contributed by atoms with van der Waals surface area (Å²) in [5, 5.41) is 33.4. The van der Waals surface area contributed by atoms with Crippen molar-refractivity contribution in [3.8, 4) is 0 Å². The van der Waals surface area contributed by atoms with Crippen molar-refractivity contribution in [2.75, 3.05) is 5.32 Å². The molecule has 1 aromatic carbocycles. The number of nitro benzene ring substituents is 2. The van der Waals surface area contributed by atoms with E-state index in [2.05, 4.69) is 5.32 Å². The Hall–Kier alpha value is -3.47. The molecule has 0 aliphatic rings. The van der Waals surface area contributed by atoms with E-state index < -0.39 is 32.7 Å². The van der Waals surface area contributed by atoms with Crippen LogP contribution < -0.4 is 10.8 Å². The number of carbonyl (C=O) groups excluding carboxylic acids is 1. The third-order valence-electron chi connectivity index (χ3n) is 2.87. The maximum absolute atomic E-state index is 11.4. The molecular weight excluding hydrogens is 312 g/mol. The molecule has 0 spiro atoms.